The number of rotatable bonds is 2. The first kappa shape index (κ1) is 6.95. The van der Waals surface area contributed by atoms with E-state index in [0.29, 0.717) is 12.8 Å². The van der Waals surface area contributed by atoms with Crippen LogP contribution in [0.3, 0.4) is 0 Å². The van der Waals surface area contributed by atoms with Crippen LogP contribution in [0.5, 0.6) is 0 Å². The first-order valence-corrected chi connectivity index (χ1v) is 4.15. The maximum absolute atomic E-state index is 11.9. The summed E-state index contributed by atoms with van der Waals surface area (Å²) in [7, 11) is -3.62. The van der Waals surface area contributed by atoms with Crippen molar-refractivity contribution in [1.82, 2.24) is 0 Å². The molecule has 1 fully saturated rings. The third-order valence-electron chi connectivity index (χ3n) is 1.65. The standard InChI is InChI=1S/C4H8FNO2S/c5-3-4(1-2-4)9(6,7)8/h1-3H2,(H2,6,7,8). The molecule has 0 heterocycles. The zero-order chi connectivity index (χ0) is 7.12. The second kappa shape index (κ2) is 1.67. The highest BCUT2D eigenvalue weighted by atomic mass is 32.2. The fraction of sp³-hybridized carbons (Fsp3) is 1.00. The second-order valence-corrected chi connectivity index (χ2v) is 4.32. The van der Waals surface area contributed by atoms with E-state index in [9.17, 15) is 12.8 Å². The summed E-state index contributed by atoms with van der Waals surface area (Å²) in [5, 5.41) is 4.72. The van der Waals surface area contributed by atoms with Gasteiger partial charge in [-0.15, -0.1) is 0 Å². The number of primary sulfonamides is 1. The van der Waals surface area contributed by atoms with E-state index in [0.717, 1.165) is 0 Å². The molecule has 3 nitrogen and oxygen atoms in total. The normalized spacial score (nSPS) is 23.8. The molecule has 5 heteroatoms. The van der Waals surface area contributed by atoms with Gasteiger partial charge in [0.2, 0.25) is 10.0 Å². The van der Waals surface area contributed by atoms with Gasteiger partial charge in [-0.3, -0.25) is 0 Å². The van der Waals surface area contributed by atoms with Crippen LogP contribution < -0.4 is 5.14 Å². The van der Waals surface area contributed by atoms with Crippen LogP contribution in [0.4, 0.5) is 4.39 Å². The van der Waals surface area contributed by atoms with Crippen LogP contribution in [0.15, 0.2) is 0 Å². The monoisotopic (exact) mass is 153 g/mol. The molecule has 0 amide bonds. The Morgan fingerprint density at radius 3 is 2.00 bits per heavy atom. The van der Waals surface area contributed by atoms with E-state index in [2.05, 4.69) is 0 Å². The molecule has 0 aromatic carbocycles. The van der Waals surface area contributed by atoms with Gasteiger partial charge in [0.1, 0.15) is 11.4 Å². The third kappa shape index (κ3) is 0.943. The zero-order valence-electron chi connectivity index (χ0n) is 4.80. The summed E-state index contributed by atoms with van der Waals surface area (Å²) in [4.78, 5) is 0. The average molecular weight is 153 g/mol. The number of hydrogen-bond acceptors (Lipinski definition) is 2. The van der Waals surface area contributed by atoms with Crippen LogP contribution in [0.25, 0.3) is 0 Å². The summed E-state index contributed by atoms with van der Waals surface area (Å²) in [6.45, 7) is -0.841. The van der Waals surface area contributed by atoms with Gasteiger partial charge in [-0.05, 0) is 12.8 Å². The van der Waals surface area contributed by atoms with E-state index in [4.69, 9.17) is 5.14 Å². The molecule has 0 aliphatic heterocycles. The van der Waals surface area contributed by atoms with E-state index < -0.39 is 21.4 Å². The van der Waals surface area contributed by atoms with Gasteiger partial charge in [-0.25, -0.2) is 17.9 Å². The van der Waals surface area contributed by atoms with Crippen LogP contribution in [0.2, 0.25) is 0 Å². The van der Waals surface area contributed by atoms with Crippen molar-refractivity contribution in [2.45, 2.75) is 17.6 Å². The van der Waals surface area contributed by atoms with Crippen molar-refractivity contribution in [2.24, 2.45) is 5.14 Å². The Labute approximate surface area is 53.1 Å². The summed E-state index contributed by atoms with van der Waals surface area (Å²) in [6.07, 6.45) is 0.755. The van der Waals surface area contributed by atoms with Crippen molar-refractivity contribution in [3.8, 4) is 0 Å². The lowest BCUT2D eigenvalue weighted by Crippen LogP contribution is -2.32. The highest BCUT2D eigenvalue weighted by Crippen LogP contribution is 2.42. The van der Waals surface area contributed by atoms with Crippen LogP contribution in [-0.2, 0) is 10.0 Å². The second-order valence-electron chi connectivity index (χ2n) is 2.36. The van der Waals surface area contributed by atoms with Crippen LogP contribution in [-0.4, -0.2) is 19.8 Å². The first-order chi connectivity index (χ1) is 4.02. The van der Waals surface area contributed by atoms with Gasteiger partial charge >= 0.3 is 0 Å². The van der Waals surface area contributed by atoms with Crippen molar-refractivity contribution in [1.29, 1.82) is 0 Å². The quantitative estimate of drug-likeness (QED) is 0.596. The summed E-state index contributed by atoms with van der Waals surface area (Å²) in [5.41, 5.74) is 0. The number of hydrogen-bond donors (Lipinski definition) is 1. The molecular weight excluding hydrogens is 145 g/mol. The number of halogens is 1. The molecule has 1 rings (SSSR count). The lowest BCUT2D eigenvalue weighted by atomic mass is 10.5. The van der Waals surface area contributed by atoms with Gasteiger partial charge in [0.05, 0.1) is 0 Å². The third-order valence-corrected chi connectivity index (χ3v) is 3.38. The topological polar surface area (TPSA) is 60.2 Å². The molecule has 1 aliphatic rings. The first-order valence-electron chi connectivity index (χ1n) is 2.60. The predicted octanol–water partition coefficient (Wildman–Crippen LogP) is -0.223. The van der Waals surface area contributed by atoms with Gasteiger partial charge in [-0.1, -0.05) is 0 Å². The van der Waals surface area contributed by atoms with E-state index in [-0.39, 0.29) is 0 Å². The summed E-state index contributed by atoms with van der Waals surface area (Å²) in [6, 6.07) is 0. The smallest absolute Gasteiger partial charge is 0.217 e. The van der Waals surface area contributed by atoms with Crippen molar-refractivity contribution < 1.29 is 12.8 Å². The molecule has 0 saturated heterocycles. The molecule has 9 heavy (non-hydrogen) atoms. The average Bonchev–Trinajstić information content (AvgIpc) is 2.40. The van der Waals surface area contributed by atoms with Crippen LogP contribution in [0, 0.1) is 0 Å². The SMILES string of the molecule is NS(=O)(=O)C1(CF)CC1. The van der Waals surface area contributed by atoms with Gasteiger partial charge < -0.3 is 0 Å². The van der Waals surface area contributed by atoms with E-state index in [1.54, 1.807) is 0 Å². The summed E-state index contributed by atoms with van der Waals surface area (Å²) in [5.74, 6) is 0. The minimum Gasteiger partial charge on any atom is -0.249 e. The van der Waals surface area contributed by atoms with Crippen LogP contribution in [0.1, 0.15) is 12.8 Å². The molecule has 0 spiro atoms. The van der Waals surface area contributed by atoms with Gasteiger partial charge in [-0.2, -0.15) is 0 Å². The number of sulfonamides is 1. The van der Waals surface area contributed by atoms with E-state index >= 15 is 0 Å². The van der Waals surface area contributed by atoms with Crippen LogP contribution >= 0.6 is 0 Å². The Kier molecular flexibility index (Phi) is 1.29. The highest BCUT2D eigenvalue weighted by Gasteiger charge is 2.53. The maximum atomic E-state index is 11.9. The largest absolute Gasteiger partial charge is 0.249 e. The Morgan fingerprint density at radius 2 is 2.00 bits per heavy atom. The molecule has 0 unspecified atom stereocenters. The minimum atomic E-state index is -3.62. The molecule has 0 aromatic rings. The summed E-state index contributed by atoms with van der Waals surface area (Å²) >= 11 is 0. The van der Waals surface area contributed by atoms with Crippen molar-refractivity contribution in [3.05, 3.63) is 0 Å². The van der Waals surface area contributed by atoms with Crippen molar-refractivity contribution in [2.75, 3.05) is 6.67 Å². The zero-order valence-corrected chi connectivity index (χ0v) is 5.62. The minimum absolute atomic E-state index is 0.377. The molecule has 0 aromatic heterocycles. The predicted molar refractivity (Wildman–Crippen MR) is 31.0 cm³/mol. The van der Waals surface area contributed by atoms with Crippen molar-refractivity contribution >= 4 is 10.0 Å². The molecule has 0 radical (unpaired) electrons. The Bertz CT molecular complexity index is 207. The molecule has 0 atom stereocenters. The fourth-order valence-corrected chi connectivity index (χ4v) is 1.46. The highest BCUT2D eigenvalue weighted by molar-refractivity contribution is 7.90. The summed E-state index contributed by atoms with van der Waals surface area (Å²) < 4.78 is 31.7. The van der Waals surface area contributed by atoms with E-state index in [1.807, 2.05) is 0 Å². The lowest BCUT2D eigenvalue weighted by molar-refractivity contribution is 0.457. The Balaban J connectivity index is 2.85. The maximum Gasteiger partial charge on any atom is 0.217 e. The number of nitrogens with two attached hydrogens (primary N) is 1. The Morgan fingerprint density at radius 1 is 1.56 bits per heavy atom. The van der Waals surface area contributed by atoms with Gasteiger partial charge in [0.25, 0.3) is 0 Å². The van der Waals surface area contributed by atoms with Gasteiger partial charge in [0, 0.05) is 0 Å². The molecule has 54 valence electrons. The molecule has 0 bridgehead atoms. The molecule has 1 aliphatic carbocycles. The van der Waals surface area contributed by atoms with Crippen molar-refractivity contribution in [3.63, 3.8) is 0 Å². The molecule has 2 N–H and O–H groups in total. The Hall–Kier alpha value is -0.160. The van der Waals surface area contributed by atoms with E-state index in [1.165, 1.54) is 0 Å². The molecule has 1 saturated carbocycles. The number of alkyl halides is 1. The lowest BCUT2D eigenvalue weighted by Gasteiger charge is -2.04. The van der Waals surface area contributed by atoms with Gasteiger partial charge in [0.15, 0.2) is 0 Å². The molecular formula is C4H8FNO2S. The fourth-order valence-electron chi connectivity index (χ4n) is 0.634.